The largest absolute Gasteiger partial charge is 0.343 e. The molecule has 0 bridgehead atoms. The van der Waals surface area contributed by atoms with E-state index in [4.69, 9.17) is 0 Å². The van der Waals surface area contributed by atoms with Gasteiger partial charge in [0.05, 0.1) is 5.69 Å². The van der Waals surface area contributed by atoms with Gasteiger partial charge in [0, 0.05) is 30.3 Å². The number of rotatable bonds is 0. The van der Waals surface area contributed by atoms with Gasteiger partial charge in [-0.25, -0.2) is 0 Å². The highest BCUT2D eigenvalue weighted by Crippen LogP contribution is 2.31. The maximum absolute atomic E-state index is 12.1. The van der Waals surface area contributed by atoms with Crippen LogP contribution in [-0.4, -0.2) is 10.4 Å². The monoisotopic (exact) mass is 263 g/mol. The lowest BCUT2D eigenvalue weighted by molar-refractivity contribution is 0.0870. The smallest absolute Gasteiger partial charge is 0.179 e. The standard InChI is InChI=1S/C18H17NO/c1-18(2)11-17(20)16-10-15(12-19(16)13-18)9-8-14-6-4-3-5-7-14/h3-7,10,12H,11,13H2,1-2H3. The molecule has 100 valence electrons. The summed E-state index contributed by atoms with van der Waals surface area (Å²) in [4.78, 5) is 12.1. The van der Waals surface area contributed by atoms with E-state index < -0.39 is 0 Å². The van der Waals surface area contributed by atoms with Crippen molar-refractivity contribution in [1.82, 2.24) is 4.57 Å². The summed E-state index contributed by atoms with van der Waals surface area (Å²) >= 11 is 0. The van der Waals surface area contributed by atoms with Crippen LogP contribution in [-0.2, 0) is 6.54 Å². The molecule has 1 aromatic carbocycles. The number of ketones is 1. The first kappa shape index (κ1) is 12.7. The minimum atomic E-state index is 0.0350. The van der Waals surface area contributed by atoms with E-state index in [1.165, 1.54) is 0 Å². The second-order valence-corrected chi connectivity index (χ2v) is 6.12. The fraction of sp³-hybridized carbons (Fsp3) is 0.278. The molecule has 0 aliphatic carbocycles. The molecule has 2 heterocycles. The van der Waals surface area contributed by atoms with Gasteiger partial charge >= 0.3 is 0 Å². The molecule has 1 aliphatic rings. The average molecular weight is 263 g/mol. The van der Waals surface area contributed by atoms with E-state index >= 15 is 0 Å². The average Bonchev–Trinajstić information content (AvgIpc) is 2.79. The lowest BCUT2D eigenvalue weighted by Crippen LogP contribution is -2.30. The minimum absolute atomic E-state index is 0.0350. The van der Waals surface area contributed by atoms with Crippen molar-refractivity contribution < 1.29 is 4.79 Å². The Bertz CT molecular complexity index is 711. The summed E-state index contributed by atoms with van der Waals surface area (Å²) < 4.78 is 2.04. The maximum atomic E-state index is 12.1. The first-order valence-corrected chi connectivity index (χ1v) is 6.84. The molecular formula is C18H17NO. The Morgan fingerprint density at radius 3 is 2.55 bits per heavy atom. The number of fused-ring (bicyclic) bond motifs is 1. The third-order valence-electron chi connectivity index (χ3n) is 3.54. The molecule has 0 unspecified atom stereocenters. The van der Waals surface area contributed by atoms with Gasteiger partial charge in [0.15, 0.2) is 5.78 Å². The number of carbonyl (C=O) groups is 1. The first-order valence-electron chi connectivity index (χ1n) is 6.84. The van der Waals surface area contributed by atoms with Crippen LogP contribution in [0.5, 0.6) is 0 Å². The summed E-state index contributed by atoms with van der Waals surface area (Å²) in [7, 11) is 0. The van der Waals surface area contributed by atoms with Crippen LogP contribution in [0.2, 0.25) is 0 Å². The Labute approximate surface area is 119 Å². The predicted octanol–water partition coefficient (Wildman–Crippen LogP) is 3.50. The van der Waals surface area contributed by atoms with Crippen molar-refractivity contribution in [3.05, 3.63) is 59.4 Å². The Kier molecular flexibility index (Phi) is 2.99. The molecule has 2 heteroatoms. The van der Waals surface area contributed by atoms with Crippen LogP contribution >= 0.6 is 0 Å². The zero-order chi connectivity index (χ0) is 14.2. The molecule has 0 N–H and O–H groups in total. The topological polar surface area (TPSA) is 22.0 Å². The Hall–Kier alpha value is -2.27. The Balaban J connectivity index is 1.92. The van der Waals surface area contributed by atoms with Gasteiger partial charge in [0.25, 0.3) is 0 Å². The molecule has 3 rings (SSSR count). The molecule has 0 spiro atoms. The van der Waals surface area contributed by atoms with Crippen LogP contribution in [0, 0.1) is 17.3 Å². The summed E-state index contributed by atoms with van der Waals surface area (Å²) in [6, 6.07) is 11.8. The highest BCUT2D eigenvalue weighted by atomic mass is 16.1. The van der Waals surface area contributed by atoms with Crippen LogP contribution in [0.4, 0.5) is 0 Å². The number of aromatic nitrogens is 1. The van der Waals surface area contributed by atoms with Crippen LogP contribution in [0.3, 0.4) is 0 Å². The van der Waals surface area contributed by atoms with Crippen LogP contribution in [0.25, 0.3) is 0 Å². The molecule has 2 aromatic rings. The highest BCUT2D eigenvalue weighted by Gasteiger charge is 2.30. The lowest BCUT2D eigenvalue weighted by atomic mass is 9.84. The summed E-state index contributed by atoms with van der Waals surface area (Å²) in [5.41, 5.74) is 2.73. The fourth-order valence-electron chi connectivity index (χ4n) is 2.65. The molecule has 1 aromatic heterocycles. The number of hydrogen-bond acceptors (Lipinski definition) is 1. The summed E-state index contributed by atoms with van der Waals surface area (Å²) in [6.45, 7) is 5.13. The molecule has 0 amide bonds. The van der Waals surface area contributed by atoms with Gasteiger partial charge in [0.2, 0.25) is 0 Å². The van der Waals surface area contributed by atoms with Gasteiger partial charge in [-0.1, -0.05) is 43.9 Å². The van der Waals surface area contributed by atoms with Crippen molar-refractivity contribution in [2.45, 2.75) is 26.8 Å². The van der Waals surface area contributed by atoms with E-state index in [0.29, 0.717) is 6.42 Å². The third-order valence-corrected chi connectivity index (χ3v) is 3.54. The predicted molar refractivity (Wildman–Crippen MR) is 79.6 cm³/mol. The fourth-order valence-corrected chi connectivity index (χ4v) is 2.65. The van der Waals surface area contributed by atoms with Gasteiger partial charge in [-0.05, 0) is 23.6 Å². The number of hydrogen-bond donors (Lipinski definition) is 0. The quantitative estimate of drug-likeness (QED) is 0.667. The normalized spacial score (nSPS) is 16.2. The van der Waals surface area contributed by atoms with Crippen molar-refractivity contribution in [3.8, 4) is 11.8 Å². The molecule has 1 aliphatic heterocycles. The van der Waals surface area contributed by atoms with Crippen molar-refractivity contribution in [3.63, 3.8) is 0 Å². The van der Waals surface area contributed by atoms with E-state index in [9.17, 15) is 4.79 Å². The number of benzene rings is 1. The second-order valence-electron chi connectivity index (χ2n) is 6.12. The molecule has 0 atom stereocenters. The molecule has 20 heavy (non-hydrogen) atoms. The van der Waals surface area contributed by atoms with Crippen LogP contribution in [0.15, 0.2) is 42.6 Å². The number of nitrogens with zero attached hydrogens (tertiary/aromatic N) is 1. The van der Waals surface area contributed by atoms with Crippen LogP contribution in [0.1, 0.15) is 41.9 Å². The van der Waals surface area contributed by atoms with E-state index in [0.717, 1.165) is 23.4 Å². The summed E-state index contributed by atoms with van der Waals surface area (Å²) in [5, 5.41) is 0. The molecule has 2 nitrogen and oxygen atoms in total. The molecule has 0 fully saturated rings. The zero-order valence-corrected chi connectivity index (χ0v) is 11.8. The number of Topliss-reactive ketones (excluding diaryl/α,β-unsaturated/α-hetero) is 1. The molecular weight excluding hydrogens is 246 g/mol. The van der Waals surface area contributed by atoms with Crippen molar-refractivity contribution in [2.75, 3.05) is 0 Å². The third kappa shape index (κ3) is 2.53. The second kappa shape index (κ2) is 4.68. The van der Waals surface area contributed by atoms with E-state index in [-0.39, 0.29) is 11.2 Å². The van der Waals surface area contributed by atoms with E-state index in [1.54, 1.807) is 0 Å². The Morgan fingerprint density at radius 1 is 1.10 bits per heavy atom. The van der Waals surface area contributed by atoms with Gasteiger partial charge in [-0.2, -0.15) is 0 Å². The van der Waals surface area contributed by atoms with Crippen molar-refractivity contribution in [1.29, 1.82) is 0 Å². The highest BCUT2D eigenvalue weighted by molar-refractivity contribution is 5.96. The molecule has 0 saturated carbocycles. The molecule has 0 saturated heterocycles. The van der Waals surface area contributed by atoms with Gasteiger partial charge in [-0.3, -0.25) is 4.79 Å². The van der Waals surface area contributed by atoms with Gasteiger partial charge in [0.1, 0.15) is 0 Å². The maximum Gasteiger partial charge on any atom is 0.179 e. The first-order chi connectivity index (χ1) is 9.53. The van der Waals surface area contributed by atoms with Crippen molar-refractivity contribution >= 4 is 5.78 Å². The minimum Gasteiger partial charge on any atom is -0.343 e. The van der Waals surface area contributed by atoms with Crippen LogP contribution < -0.4 is 0 Å². The zero-order valence-electron chi connectivity index (χ0n) is 11.8. The molecule has 0 radical (unpaired) electrons. The van der Waals surface area contributed by atoms with Gasteiger partial charge in [-0.15, -0.1) is 0 Å². The van der Waals surface area contributed by atoms with Gasteiger partial charge < -0.3 is 4.57 Å². The lowest BCUT2D eigenvalue weighted by Gasteiger charge is -2.30. The van der Waals surface area contributed by atoms with E-state index in [1.807, 2.05) is 47.2 Å². The Morgan fingerprint density at radius 2 is 1.80 bits per heavy atom. The number of carbonyl (C=O) groups excluding carboxylic acids is 1. The van der Waals surface area contributed by atoms with Crippen molar-refractivity contribution in [2.24, 2.45) is 5.41 Å². The van der Waals surface area contributed by atoms with E-state index in [2.05, 4.69) is 25.7 Å². The summed E-state index contributed by atoms with van der Waals surface area (Å²) in [5.74, 6) is 6.49. The summed E-state index contributed by atoms with van der Waals surface area (Å²) in [6.07, 6.45) is 2.60. The SMILES string of the molecule is CC1(C)CC(=O)c2cc(C#Cc3ccccc3)cn2C1.